The first kappa shape index (κ1) is 15.6. The van der Waals surface area contributed by atoms with E-state index in [1.54, 1.807) is 11.3 Å². The van der Waals surface area contributed by atoms with Gasteiger partial charge in [0.05, 0.1) is 11.7 Å². The smallest absolute Gasteiger partial charge is 0.262 e. The van der Waals surface area contributed by atoms with E-state index in [9.17, 15) is 9.59 Å². The first-order valence-corrected chi connectivity index (χ1v) is 8.43. The van der Waals surface area contributed by atoms with Gasteiger partial charge in [-0.2, -0.15) is 11.3 Å². The summed E-state index contributed by atoms with van der Waals surface area (Å²) in [5.74, 6) is 0.508. The van der Waals surface area contributed by atoms with Crippen molar-refractivity contribution in [2.75, 3.05) is 11.9 Å². The molecular weight excluding hydrogens is 312 g/mol. The molecule has 1 atom stereocenters. The third-order valence-corrected chi connectivity index (χ3v) is 4.47. The van der Waals surface area contributed by atoms with Crippen molar-refractivity contribution in [1.82, 2.24) is 5.32 Å². The van der Waals surface area contributed by atoms with Crippen molar-refractivity contribution in [2.24, 2.45) is 0 Å². The van der Waals surface area contributed by atoms with E-state index >= 15 is 0 Å². The average Bonchev–Trinajstić information content (AvgIpc) is 3.05. The second-order valence-electron chi connectivity index (χ2n) is 5.51. The van der Waals surface area contributed by atoms with Crippen LogP contribution in [0.5, 0.6) is 5.75 Å². The van der Waals surface area contributed by atoms with Crippen molar-refractivity contribution < 1.29 is 14.3 Å². The molecule has 0 saturated heterocycles. The zero-order chi connectivity index (χ0) is 16.2. The Kier molecular flexibility index (Phi) is 4.62. The zero-order valence-electron chi connectivity index (χ0n) is 12.8. The lowest BCUT2D eigenvalue weighted by atomic mass is 10.1. The predicted molar refractivity (Wildman–Crippen MR) is 89.8 cm³/mol. The van der Waals surface area contributed by atoms with Crippen LogP contribution in [0.25, 0.3) is 0 Å². The molecule has 0 radical (unpaired) electrons. The Bertz CT molecular complexity index is 713. The first-order chi connectivity index (χ1) is 11.1. The molecule has 0 bridgehead atoms. The second-order valence-corrected chi connectivity index (χ2v) is 6.29. The van der Waals surface area contributed by atoms with E-state index in [0.29, 0.717) is 17.9 Å². The third-order valence-electron chi connectivity index (χ3n) is 3.73. The number of rotatable bonds is 5. The molecule has 3 rings (SSSR count). The Balaban J connectivity index is 1.59. The van der Waals surface area contributed by atoms with E-state index in [4.69, 9.17) is 4.74 Å². The highest BCUT2D eigenvalue weighted by Gasteiger charge is 2.18. The lowest BCUT2D eigenvalue weighted by Gasteiger charge is -2.21. The standard InChI is InChI=1S/C17H18N2O3S/c1-11(18-16(20)5-2-12-6-7-23-10-12)13-3-4-15-14(8-13)19-17(21)9-22-15/h3-4,6-8,10-11H,2,5,9H2,1H3,(H,18,20)(H,19,21)/t11-/m1/s1. The summed E-state index contributed by atoms with van der Waals surface area (Å²) in [4.78, 5) is 23.4. The minimum atomic E-state index is -0.165. The van der Waals surface area contributed by atoms with E-state index in [1.165, 1.54) is 5.56 Å². The van der Waals surface area contributed by atoms with Crippen LogP contribution in [-0.4, -0.2) is 18.4 Å². The number of aryl methyl sites for hydroxylation is 1. The van der Waals surface area contributed by atoms with Crippen molar-refractivity contribution >= 4 is 28.8 Å². The maximum absolute atomic E-state index is 12.1. The Labute approximate surface area is 138 Å². The van der Waals surface area contributed by atoms with Crippen LogP contribution in [0.1, 0.15) is 30.5 Å². The number of carbonyl (C=O) groups is 2. The lowest BCUT2D eigenvalue weighted by Crippen LogP contribution is -2.28. The van der Waals surface area contributed by atoms with Gasteiger partial charge in [-0.3, -0.25) is 9.59 Å². The van der Waals surface area contributed by atoms with Crippen LogP contribution in [0.2, 0.25) is 0 Å². The lowest BCUT2D eigenvalue weighted by molar-refractivity contribution is -0.121. The van der Waals surface area contributed by atoms with Gasteiger partial charge in [-0.25, -0.2) is 0 Å². The molecule has 6 heteroatoms. The molecule has 2 heterocycles. The highest BCUT2D eigenvalue weighted by molar-refractivity contribution is 7.07. The van der Waals surface area contributed by atoms with Crippen molar-refractivity contribution in [1.29, 1.82) is 0 Å². The molecule has 5 nitrogen and oxygen atoms in total. The van der Waals surface area contributed by atoms with E-state index in [-0.39, 0.29) is 24.5 Å². The van der Waals surface area contributed by atoms with Crippen molar-refractivity contribution in [3.63, 3.8) is 0 Å². The van der Waals surface area contributed by atoms with Gasteiger partial charge in [0, 0.05) is 6.42 Å². The monoisotopic (exact) mass is 330 g/mol. The fourth-order valence-electron chi connectivity index (χ4n) is 2.46. The molecule has 0 aliphatic carbocycles. The fourth-order valence-corrected chi connectivity index (χ4v) is 3.16. The van der Waals surface area contributed by atoms with Gasteiger partial charge in [0.1, 0.15) is 5.75 Å². The van der Waals surface area contributed by atoms with Gasteiger partial charge in [-0.05, 0) is 53.4 Å². The maximum atomic E-state index is 12.1. The minimum absolute atomic E-state index is 0.0155. The quantitative estimate of drug-likeness (QED) is 0.886. The van der Waals surface area contributed by atoms with Gasteiger partial charge in [0.25, 0.3) is 5.91 Å². The van der Waals surface area contributed by atoms with Crippen LogP contribution in [0.3, 0.4) is 0 Å². The van der Waals surface area contributed by atoms with Crippen molar-refractivity contribution in [2.45, 2.75) is 25.8 Å². The summed E-state index contributed by atoms with van der Waals surface area (Å²) in [6.07, 6.45) is 1.21. The molecule has 23 heavy (non-hydrogen) atoms. The van der Waals surface area contributed by atoms with Crippen LogP contribution in [0.15, 0.2) is 35.0 Å². The Morgan fingerprint density at radius 2 is 2.30 bits per heavy atom. The van der Waals surface area contributed by atoms with Crippen molar-refractivity contribution in [3.05, 3.63) is 46.2 Å². The number of hydrogen-bond donors (Lipinski definition) is 2. The molecule has 1 aromatic carbocycles. The molecule has 2 N–H and O–H groups in total. The first-order valence-electron chi connectivity index (χ1n) is 7.49. The summed E-state index contributed by atoms with van der Waals surface area (Å²) in [5.41, 5.74) is 2.77. The molecule has 1 aliphatic heterocycles. The SMILES string of the molecule is C[C@@H](NC(=O)CCc1ccsc1)c1ccc2c(c1)NC(=O)CO2. The summed E-state index contributed by atoms with van der Waals surface area (Å²) < 4.78 is 5.33. The molecule has 2 aromatic rings. The van der Waals surface area contributed by atoms with Gasteiger partial charge in [0.2, 0.25) is 5.91 Å². The molecule has 120 valence electrons. The van der Waals surface area contributed by atoms with Gasteiger partial charge >= 0.3 is 0 Å². The highest BCUT2D eigenvalue weighted by atomic mass is 32.1. The second kappa shape index (κ2) is 6.83. The van der Waals surface area contributed by atoms with Gasteiger partial charge in [-0.15, -0.1) is 0 Å². The largest absolute Gasteiger partial charge is 0.482 e. The van der Waals surface area contributed by atoms with E-state index in [2.05, 4.69) is 16.0 Å². The molecule has 2 amide bonds. The number of carbonyl (C=O) groups excluding carboxylic acids is 2. The summed E-state index contributed by atoms with van der Waals surface area (Å²) in [7, 11) is 0. The number of benzene rings is 1. The number of fused-ring (bicyclic) bond motifs is 1. The Morgan fingerprint density at radius 1 is 1.43 bits per heavy atom. The molecular formula is C17H18N2O3S. The highest BCUT2D eigenvalue weighted by Crippen LogP contribution is 2.30. The Morgan fingerprint density at radius 3 is 3.09 bits per heavy atom. The zero-order valence-corrected chi connectivity index (χ0v) is 13.6. The number of thiophene rings is 1. The predicted octanol–water partition coefficient (Wildman–Crippen LogP) is 2.89. The van der Waals surface area contributed by atoms with Gasteiger partial charge < -0.3 is 15.4 Å². The summed E-state index contributed by atoms with van der Waals surface area (Å²) >= 11 is 1.64. The van der Waals surface area contributed by atoms with Gasteiger partial charge in [-0.1, -0.05) is 6.07 Å². The molecule has 0 fully saturated rings. The van der Waals surface area contributed by atoms with Crippen LogP contribution >= 0.6 is 11.3 Å². The average molecular weight is 330 g/mol. The molecule has 1 aromatic heterocycles. The normalized spacial score (nSPS) is 14.4. The summed E-state index contributed by atoms with van der Waals surface area (Å²) in [6, 6.07) is 7.47. The van der Waals surface area contributed by atoms with E-state index in [1.807, 2.05) is 36.6 Å². The van der Waals surface area contributed by atoms with Gasteiger partial charge in [0.15, 0.2) is 6.61 Å². The van der Waals surface area contributed by atoms with E-state index < -0.39 is 0 Å². The summed E-state index contributed by atoms with van der Waals surface area (Å²) in [5, 5.41) is 9.84. The fraction of sp³-hybridized carbons (Fsp3) is 0.294. The Hall–Kier alpha value is -2.34. The van der Waals surface area contributed by atoms with Crippen LogP contribution in [0, 0.1) is 0 Å². The number of nitrogens with one attached hydrogen (secondary N) is 2. The van der Waals surface area contributed by atoms with Crippen LogP contribution in [-0.2, 0) is 16.0 Å². The minimum Gasteiger partial charge on any atom is -0.482 e. The van der Waals surface area contributed by atoms with Crippen molar-refractivity contribution in [3.8, 4) is 5.75 Å². The molecule has 0 unspecified atom stereocenters. The molecule has 0 spiro atoms. The topological polar surface area (TPSA) is 67.4 Å². The maximum Gasteiger partial charge on any atom is 0.262 e. The number of amides is 2. The molecule has 1 aliphatic rings. The third kappa shape index (κ3) is 3.90. The molecule has 0 saturated carbocycles. The van der Waals surface area contributed by atoms with Crippen LogP contribution in [0.4, 0.5) is 5.69 Å². The summed E-state index contributed by atoms with van der Waals surface area (Å²) in [6.45, 7) is 1.97. The number of hydrogen-bond acceptors (Lipinski definition) is 4. The van der Waals surface area contributed by atoms with E-state index in [0.717, 1.165) is 12.0 Å². The number of ether oxygens (including phenoxy) is 1. The van der Waals surface area contributed by atoms with Crippen LogP contribution < -0.4 is 15.4 Å². The number of anilines is 1.